The van der Waals surface area contributed by atoms with E-state index in [0.717, 1.165) is 22.4 Å². The predicted octanol–water partition coefficient (Wildman–Crippen LogP) is 3.02. The molecule has 0 spiro atoms. The van der Waals surface area contributed by atoms with Crippen molar-refractivity contribution in [3.05, 3.63) is 52.6 Å². The van der Waals surface area contributed by atoms with Crippen molar-refractivity contribution in [2.24, 2.45) is 0 Å². The second-order valence-corrected chi connectivity index (χ2v) is 6.50. The molecule has 0 fully saturated rings. The van der Waals surface area contributed by atoms with E-state index < -0.39 is 18.7 Å². The first-order valence-electron chi connectivity index (χ1n) is 8.36. The number of carboxylic acid groups (broad SMARTS) is 1. The zero-order chi connectivity index (χ0) is 18.8. The number of carboxylic acids is 1. The fourth-order valence-corrected chi connectivity index (χ4v) is 2.88. The second kappa shape index (κ2) is 7.07. The number of aliphatic carboxylic acids is 1. The minimum atomic E-state index is -1.04. The SMILES string of the molecule is Cc1cc2c(cc1C)OC(C(=O)Nc1ccc(OCC(=O)O)cc1C)C2. The molecule has 1 aliphatic heterocycles. The van der Waals surface area contributed by atoms with Gasteiger partial charge in [0.2, 0.25) is 0 Å². The second-order valence-electron chi connectivity index (χ2n) is 6.50. The average Bonchev–Trinajstić information content (AvgIpc) is 2.98. The fourth-order valence-electron chi connectivity index (χ4n) is 2.88. The Labute approximate surface area is 151 Å². The van der Waals surface area contributed by atoms with Crippen LogP contribution in [0.15, 0.2) is 30.3 Å². The summed E-state index contributed by atoms with van der Waals surface area (Å²) in [6.07, 6.45) is -0.0187. The van der Waals surface area contributed by atoms with E-state index in [2.05, 4.69) is 11.4 Å². The van der Waals surface area contributed by atoms with Gasteiger partial charge < -0.3 is 19.9 Å². The third-order valence-corrected chi connectivity index (χ3v) is 4.46. The summed E-state index contributed by atoms with van der Waals surface area (Å²) in [7, 11) is 0. The van der Waals surface area contributed by atoms with Gasteiger partial charge in [0.05, 0.1) is 0 Å². The van der Waals surface area contributed by atoms with Crippen molar-refractivity contribution in [3.63, 3.8) is 0 Å². The van der Waals surface area contributed by atoms with Crippen molar-refractivity contribution < 1.29 is 24.2 Å². The van der Waals surface area contributed by atoms with Gasteiger partial charge in [0, 0.05) is 12.1 Å². The highest BCUT2D eigenvalue weighted by atomic mass is 16.5. The van der Waals surface area contributed by atoms with Gasteiger partial charge in [-0.05, 0) is 67.3 Å². The summed E-state index contributed by atoms with van der Waals surface area (Å²) in [6.45, 7) is 5.47. The minimum absolute atomic E-state index is 0.209. The molecule has 0 radical (unpaired) electrons. The molecule has 0 aliphatic carbocycles. The topological polar surface area (TPSA) is 84.9 Å². The maximum Gasteiger partial charge on any atom is 0.341 e. The third kappa shape index (κ3) is 3.79. The lowest BCUT2D eigenvalue weighted by Gasteiger charge is -2.14. The lowest BCUT2D eigenvalue weighted by Crippen LogP contribution is -2.31. The van der Waals surface area contributed by atoms with Crippen LogP contribution >= 0.6 is 0 Å². The molecule has 0 bridgehead atoms. The molecule has 2 aromatic carbocycles. The van der Waals surface area contributed by atoms with E-state index >= 15 is 0 Å². The lowest BCUT2D eigenvalue weighted by atomic mass is 10.0. The zero-order valence-electron chi connectivity index (χ0n) is 15.0. The molecule has 136 valence electrons. The van der Waals surface area contributed by atoms with E-state index in [4.69, 9.17) is 14.6 Å². The molecule has 6 nitrogen and oxygen atoms in total. The van der Waals surface area contributed by atoms with Gasteiger partial charge in [0.15, 0.2) is 12.7 Å². The smallest absolute Gasteiger partial charge is 0.341 e. The Kier molecular flexibility index (Phi) is 4.84. The molecular weight excluding hydrogens is 334 g/mol. The summed E-state index contributed by atoms with van der Waals surface area (Å²) in [6, 6.07) is 9.05. The van der Waals surface area contributed by atoms with Crippen molar-refractivity contribution >= 4 is 17.6 Å². The normalized spacial score (nSPS) is 15.1. The van der Waals surface area contributed by atoms with Crippen LogP contribution in [0.2, 0.25) is 0 Å². The molecule has 1 heterocycles. The summed E-state index contributed by atoms with van der Waals surface area (Å²) in [5.41, 5.74) is 4.79. The van der Waals surface area contributed by atoms with Gasteiger partial charge >= 0.3 is 5.97 Å². The van der Waals surface area contributed by atoms with Gasteiger partial charge in [0.25, 0.3) is 5.91 Å². The Hall–Kier alpha value is -3.02. The van der Waals surface area contributed by atoms with E-state index in [1.807, 2.05) is 26.8 Å². The highest BCUT2D eigenvalue weighted by molar-refractivity contribution is 5.95. The van der Waals surface area contributed by atoms with Gasteiger partial charge in [-0.1, -0.05) is 6.07 Å². The first kappa shape index (κ1) is 17.8. The molecule has 3 rings (SSSR count). The molecular formula is C20H21NO5. The van der Waals surface area contributed by atoms with Gasteiger partial charge in [-0.3, -0.25) is 4.79 Å². The van der Waals surface area contributed by atoms with Crippen LogP contribution in [0.5, 0.6) is 11.5 Å². The number of fused-ring (bicyclic) bond motifs is 1. The predicted molar refractivity (Wildman–Crippen MR) is 97.0 cm³/mol. The monoisotopic (exact) mass is 355 g/mol. The van der Waals surface area contributed by atoms with Crippen LogP contribution in [0, 0.1) is 20.8 Å². The third-order valence-electron chi connectivity index (χ3n) is 4.46. The first-order chi connectivity index (χ1) is 12.3. The van der Waals surface area contributed by atoms with Gasteiger partial charge in [-0.2, -0.15) is 0 Å². The van der Waals surface area contributed by atoms with Crippen molar-refractivity contribution in [1.82, 2.24) is 0 Å². The number of carbonyl (C=O) groups excluding carboxylic acids is 1. The van der Waals surface area contributed by atoms with Crippen molar-refractivity contribution in [3.8, 4) is 11.5 Å². The Bertz CT molecular complexity index is 844. The summed E-state index contributed by atoms with van der Waals surface area (Å²) in [5, 5.41) is 11.5. The van der Waals surface area contributed by atoms with Crippen LogP contribution in [-0.4, -0.2) is 29.7 Å². The van der Waals surface area contributed by atoms with Gasteiger partial charge in [-0.15, -0.1) is 0 Å². The zero-order valence-corrected chi connectivity index (χ0v) is 15.0. The molecule has 2 N–H and O–H groups in total. The number of benzene rings is 2. The lowest BCUT2D eigenvalue weighted by molar-refractivity contribution is -0.139. The van der Waals surface area contributed by atoms with E-state index in [0.29, 0.717) is 17.9 Å². The van der Waals surface area contributed by atoms with Crippen molar-refractivity contribution in [2.75, 3.05) is 11.9 Å². The molecule has 1 unspecified atom stereocenters. The molecule has 26 heavy (non-hydrogen) atoms. The Morgan fingerprint density at radius 3 is 2.58 bits per heavy atom. The van der Waals surface area contributed by atoms with Crippen molar-refractivity contribution in [2.45, 2.75) is 33.3 Å². The van der Waals surface area contributed by atoms with Crippen LogP contribution < -0.4 is 14.8 Å². The van der Waals surface area contributed by atoms with E-state index in [1.54, 1.807) is 18.2 Å². The average molecular weight is 355 g/mol. The Morgan fingerprint density at radius 2 is 1.88 bits per heavy atom. The molecule has 1 atom stereocenters. The highest BCUT2D eigenvalue weighted by Gasteiger charge is 2.29. The molecule has 1 amide bonds. The highest BCUT2D eigenvalue weighted by Crippen LogP contribution is 2.32. The van der Waals surface area contributed by atoms with Crippen LogP contribution in [0.3, 0.4) is 0 Å². The number of ether oxygens (including phenoxy) is 2. The summed E-state index contributed by atoms with van der Waals surface area (Å²) in [4.78, 5) is 23.1. The van der Waals surface area contributed by atoms with E-state index in [9.17, 15) is 9.59 Å². The Morgan fingerprint density at radius 1 is 1.15 bits per heavy atom. The number of hydrogen-bond acceptors (Lipinski definition) is 4. The van der Waals surface area contributed by atoms with Crippen LogP contribution in [-0.2, 0) is 16.0 Å². The van der Waals surface area contributed by atoms with Gasteiger partial charge in [0.1, 0.15) is 11.5 Å². The standard InChI is InChI=1S/C20H21NO5/c1-11-6-14-9-18(26-17(14)8-12(11)2)20(24)21-16-5-4-15(7-13(16)3)25-10-19(22)23/h4-8,18H,9-10H2,1-3H3,(H,21,24)(H,22,23). The van der Waals surface area contributed by atoms with Crippen LogP contribution in [0.1, 0.15) is 22.3 Å². The number of anilines is 1. The maximum absolute atomic E-state index is 12.6. The van der Waals surface area contributed by atoms with E-state index in [-0.39, 0.29) is 5.91 Å². The van der Waals surface area contributed by atoms with Crippen LogP contribution in [0.4, 0.5) is 5.69 Å². The van der Waals surface area contributed by atoms with Crippen molar-refractivity contribution in [1.29, 1.82) is 0 Å². The number of carbonyl (C=O) groups is 2. The van der Waals surface area contributed by atoms with E-state index in [1.165, 1.54) is 5.56 Å². The number of nitrogens with one attached hydrogen (secondary N) is 1. The molecule has 0 aromatic heterocycles. The fraction of sp³-hybridized carbons (Fsp3) is 0.300. The first-order valence-corrected chi connectivity index (χ1v) is 8.36. The van der Waals surface area contributed by atoms with Gasteiger partial charge in [-0.25, -0.2) is 4.79 Å². The molecule has 2 aromatic rings. The Balaban J connectivity index is 1.66. The minimum Gasteiger partial charge on any atom is -0.482 e. The molecule has 0 saturated carbocycles. The summed E-state index contributed by atoms with van der Waals surface area (Å²) in [5.74, 6) is -0.0389. The summed E-state index contributed by atoms with van der Waals surface area (Å²) >= 11 is 0. The number of aryl methyl sites for hydroxylation is 3. The largest absolute Gasteiger partial charge is 0.482 e. The molecule has 6 heteroatoms. The van der Waals surface area contributed by atoms with Crippen LogP contribution in [0.25, 0.3) is 0 Å². The number of hydrogen-bond donors (Lipinski definition) is 2. The molecule has 1 aliphatic rings. The maximum atomic E-state index is 12.6. The summed E-state index contributed by atoms with van der Waals surface area (Å²) < 4.78 is 10.9. The number of amides is 1. The quantitative estimate of drug-likeness (QED) is 0.861. The molecule has 0 saturated heterocycles. The number of rotatable bonds is 5.